The third-order valence-corrected chi connectivity index (χ3v) is 7.58. The minimum absolute atomic E-state index is 0.107. The molecule has 0 saturated heterocycles. The molecule has 190 valence electrons. The summed E-state index contributed by atoms with van der Waals surface area (Å²) >= 11 is 0. The molecule has 2 aromatic rings. The minimum atomic E-state index is 0.107. The molecule has 0 aromatic heterocycles. The van der Waals surface area contributed by atoms with E-state index < -0.39 is 0 Å². The molecule has 0 heterocycles. The molecule has 0 aliphatic heterocycles. The molecule has 0 aliphatic rings. The molecule has 34 heavy (non-hydrogen) atoms. The molecule has 0 radical (unpaired) electrons. The van der Waals surface area contributed by atoms with Gasteiger partial charge in [0.15, 0.2) is 0 Å². The van der Waals surface area contributed by atoms with Crippen molar-refractivity contribution in [2.45, 2.75) is 136 Å². The quantitative estimate of drug-likeness (QED) is 0.211. The summed E-state index contributed by atoms with van der Waals surface area (Å²) in [6.45, 7) is 14.6. The van der Waals surface area contributed by atoms with Crippen LogP contribution in [0.25, 0.3) is 0 Å². The SMILES string of the molecule is CCCCCCCC(C)(C)N(C(c1ccccc1)c1ccccc1)C(C)(C)CCCCCCC. The van der Waals surface area contributed by atoms with Crippen LogP contribution in [0.4, 0.5) is 0 Å². The van der Waals surface area contributed by atoms with Crippen LogP contribution in [0.5, 0.6) is 0 Å². The maximum absolute atomic E-state index is 2.89. The second kappa shape index (κ2) is 14.7. The van der Waals surface area contributed by atoms with Crippen molar-refractivity contribution in [2.24, 2.45) is 0 Å². The Balaban J connectivity index is 2.40. The van der Waals surface area contributed by atoms with Crippen molar-refractivity contribution in [3.63, 3.8) is 0 Å². The Bertz CT molecular complexity index is 696. The maximum atomic E-state index is 2.89. The molecule has 1 nitrogen and oxygen atoms in total. The van der Waals surface area contributed by atoms with Gasteiger partial charge in [-0.05, 0) is 51.7 Å². The minimum Gasteiger partial charge on any atom is -0.282 e. The predicted octanol–water partition coefficient (Wildman–Crippen LogP) is 10.4. The zero-order chi connectivity index (χ0) is 24.9. The van der Waals surface area contributed by atoms with E-state index in [9.17, 15) is 0 Å². The molecule has 2 rings (SSSR count). The number of nitrogens with zero attached hydrogens (tertiary/aromatic N) is 1. The second-order valence-electron chi connectivity index (χ2n) is 11.5. The highest BCUT2D eigenvalue weighted by atomic mass is 15.3. The fourth-order valence-corrected chi connectivity index (χ4v) is 5.84. The van der Waals surface area contributed by atoms with E-state index in [1.165, 1.54) is 88.2 Å². The summed E-state index contributed by atoms with van der Waals surface area (Å²) in [5, 5.41) is 0. The molecular weight excluding hydrogens is 410 g/mol. The van der Waals surface area contributed by atoms with Gasteiger partial charge in [-0.15, -0.1) is 0 Å². The van der Waals surface area contributed by atoms with Gasteiger partial charge in [-0.2, -0.15) is 0 Å². The van der Waals surface area contributed by atoms with Crippen LogP contribution < -0.4 is 0 Å². The molecule has 0 aliphatic carbocycles. The second-order valence-corrected chi connectivity index (χ2v) is 11.5. The van der Waals surface area contributed by atoms with Crippen LogP contribution in [0.1, 0.15) is 136 Å². The molecule has 0 fully saturated rings. The third kappa shape index (κ3) is 8.88. The van der Waals surface area contributed by atoms with Crippen molar-refractivity contribution in [1.82, 2.24) is 4.90 Å². The predicted molar refractivity (Wildman–Crippen MR) is 151 cm³/mol. The van der Waals surface area contributed by atoms with Gasteiger partial charge in [0.05, 0.1) is 6.04 Å². The van der Waals surface area contributed by atoms with Crippen LogP contribution in [-0.4, -0.2) is 16.0 Å². The topological polar surface area (TPSA) is 3.24 Å². The third-order valence-electron chi connectivity index (χ3n) is 7.58. The summed E-state index contributed by atoms with van der Waals surface area (Å²) < 4.78 is 0. The van der Waals surface area contributed by atoms with Crippen molar-refractivity contribution in [2.75, 3.05) is 0 Å². The number of hydrogen-bond donors (Lipinski definition) is 0. The first-order valence-electron chi connectivity index (χ1n) is 14.2. The Morgan fingerprint density at radius 3 is 1.24 bits per heavy atom. The summed E-state index contributed by atoms with van der Waals surface area (Å²) in [5.41, 5.74) is 3.03. The van der Waals surface area contributed by atoms with E-state index in [-0.39, 0.29) is 17.1 Å². The molecule has 0 spiro atoms. The molecule has 0 bridgehead atoms. The normalized spacial score (nSPS) is 12.6. The number of rotatable bonds is 17. The summed E-state index contributed by atoms with van der Waals surface area (Å²) in [4.78, 5) is 2.89. The highest BCUT2D eigenvalue weighted by Crippen LogP contribution is 2.43. The molecule has 0 amide bonds. The monoisotopic (exact) mass is 463 g/mol. The lowest BCUT2D eigenvalue weighted by molar-refractivity contribution is -0.0241. The van der Waals surface area contributed by atoms with Crippen LogP contribution in [-0.2, 0) is 0 Å². The van der Waals surface area contributed by atoms with E-state index in [2.05, 4.69) is 107 Å². The molecule has 0 unspecified atom stereocenters. The van der Waals surface area contributed by atoms with Gasteiger partial charge in [0.2, 0.25) is 0 Å². The maximum Gasteiger partial charge on any atom is 0.0611 e. The lowest BCUT2D eigenvalue weighted by atomic mass is 9.81. The Kier molecular flexibility index (Phi) is 12.4. The van der Waals surface area contributed by atoms with Crippen molar-refractivity contribution < 1.29 is 0 Å². The first kappa shape index (κ1) is 28.6. The number of hydrogen-bond acceptors (Lipinski definition) is 1. The number of benzene rings is 2. The lowest BCUT2D eigenvalue weighted by Crippen LogP contribution is -2.57. The van der Waals surface area contributed by atoms with E-state index in [4.69, 9.17) is 0 Å². The van der Waals surface area contributed by atoms with E-state index >= 15 is 0 Å². The standard InChI is InChI=1S/C33H53N/c1-7-9-11-13-21-27-32(3,4)34(33(5,6)28-22-14-12-10-8-2)31(29-23-17-15-18-24-29)30-25-19-16-20-26-30/h15-20,23-26,31H,7-14,21-22,27-28H2,1-6H3. The molecule has 0 saturated carbocycles. The van der Waals surface area contributed by atoms with Gasteiger partial charge in [0, 0.05) is 11.1 Å². The highest BCUT2D eigenvalue weighted by Gasteiger charge is 2.42. The number of unbranched alkanes of at least 4 members (excludes halogenated alkanes) is 8. The molecular formula is C33H53N. The molecule has 1 heteroatoms. The van der Waals surface area contributed by atoms with Gasteiger partial charge >= 0.3 is 0 Å². The zero-order valence-electron chi connectivity index (χ0n) is 23.3. The average molecular weight is 464 g/mol. The Morgan fingerprint density at radius 1 is 0.529 bits per heavy atom. The van der Waals surface area contributed by atoms with Gasteiger partial charge in [-0.1, -0.05) is 139 Å². The van der Waals surface area contributed by atoms with E-state index in [0.717, 1.165) is 0 Å². The van der Waals surface area contributed by atoms with Crippen LogP contribution >= 0.6 is 0 Å². The van der Waals surface area contributed by atoms with E-state index in [1.54, 1.807) is 0 Å². The van der Waals surface area contributed by atoms with Gasteiger partial charge < -0.3 is 0 Å². The van der Waals surface area contributed by atoms with Crippen molar-refractivity contribution in [3.05, 3.63) is 71.8 Å². The van der Waals surface area contributed by atoms with E-state index in [0.29, 0.717) is 0 Å². The first-order chi connectivity index (χ1) is 16.3. The Hall–Kier alpha value is -1.60. The van der Waals surface area contributed by atoms with Crippen LogP contribution in [0, 0.1) is 0 Å². The largest absolute Gasteiger partial charge is 0.282 e. The van der Waals surface area contributed by atoms with Crippen molar-refractivity contribution in [3.8, 4) is 0 Å². The van der Waals surface area contributed by atoms with Crippen LogP contribution in [0.2, 0.25) is 0 Å². The lowest BCUT2D eigenvalue weighted by Gasteiger charge is -2.53. The fraction of sp³-hybridized carbons (Fsp3) is 0.636. The summed E-state index contributed by atoms with van der Waals surface area (Å²) in [5.74, 6) is 0. The van der Waals surface area contributed by atoms with Gasteiger partial charge in [-0.3, -0.25) is 4.90 Å². The van der Waals surface area contributed by atoms with Crippen LogP contribution in [0.3, 0.4) is 0 Å². The highest BCUT2D eigenvalue weighted by molar-refractivity contribution is 5.33. The first-order valence-corrected chi connectivity index (χ1v) is 14.2. The zero-order valence-corrected chi connectivity index (χ0v) is 23.3. The summed E-state index contributed by atoms with van der Waals surface area (Å²) in [7, 11) is 0. The van der Waals surface area contributed by atoms with Crippen LogP contribution in [0.15, 0.2) is 60.7 Å². The fourth-order valence-electron chi connectivity index (χ4n) is 5.84. The smallest absolute Gasteiger partial charge is 0.0611 e. The summed E-state index contributed by atoms with van der Waals surface area (Å²) in [6, 6.07) is 22.7. The molecule has 2 aromatic carbocycles. The van der Waals surface area contributed by atoms with Gasteiger partial charge in [0.25, 0.3) is 0 Å². The van der Waals surface area contributed by atoms with E-state index in [1.807, 2.05) is 0 Å². The van der Waals surface area contributed by atoms with Gasteiger partial charge in [0.1, 0.15) is 0 Å². The van der Waals surface area contributed by atoms with Crippen molar-refractivity contribution in [1.29, 1.82) is 0 Å². The van der Waals surface area contributed by atoms with Crippen molar-refractivity contribution >= 4 is 0 Å². The Labute approximate surface area is 212 Å². The Morgan fingerprint density at radius 2 is 0.882 bits per heavy atom. The van der Waals surface area contributed by atoms with Gasteiger partial charge in [-0.25, -0.2) is 0 Å². The molecule has 0 atom stereocenters. The average Bonchev–Trinajstić information content (AvgIpc) is 2.83. The molecule has 0 N–H and O–H groups in total. The summed E-state index contributed by atoms with van der Waals surface area (Å²) in [6.07, 6.45) is 15.9.